The molecule has 9 heteroatoms. The first kappa shape index (κ1) is 10.8. The van der Waals surface area contributed by atoms with Crippen molar-refractivity contribution in [3.05, 3.63) is 0 Å². The number of piperidine rings is 1. The average molecular weight is 231 g/mol. The molecule has 6 atom stereocenters. The average Bonchev–Trinajstić information content (AvgIpc) is 2.66. The second-order valence-corrected chi connectivity index (χ2v) is 4.48. The highest BCUT2D eigenvalue weighted by Gasteiger charge is 2.51. The summed E-state index contributed by atoms with van der Waals surface area (Å²) in [5, 5.41) is 30.8. The van der Waals surface area contributed by atoms with E-state index < -0.39 is 12.6 Å². The first-order valence-corrected chi connectivity index (χ1v) is 5.31. The normalized spacial score (nSPS) is 54.0. The maximum atomic E-state index is 9.72. The number of nitrogens with one attached hydrogen (secondary N) is 3. The van der Waals surface area contributed by atoms with Crippen LogP contribution in [0.3, 0.4) is 0 Å². The van der Waals surface area contributed by atoms with Gasteiger partial charge < -0.3 is 21.9 Å². The molecule has 16 heavy (non-hydrogen) atoms. The number of nitrogens with zero attached hydrogens (tertiary/aromatic N) is 2. The first-order chi connectivity index (χ1) is 7.58. The van der Waals surface area contributed by atoms with E-state index in [0.717, 1.165) is 10.1 Å². The fourth-order valence-corrected chi connectivity index (χ4v) is 2.71. The summed E-state index contributed by atoms with van der Waals surface area (Å²) in [6.45, 7) is 0. The number of hydrogen-bond acceptors (Lipinski definition) is 9. The summed E-state index contributed by atoms with van der Waals surface area (Å²) in [6.07, 6.45) is -0.791. The lowest BCUT2D eigenvalue weighted by molar-refractivity contribution is -0.172. The van der Waals surface area contributed by atoms with Crippen LogP contribution < -0.4 is 27.4 Å². The van der Waals surface area contributed by atoms with Gasteiger partial charge in [0.05, 0.1) is 24.4 Å². The molecule has 0 radical (unpaired) electrons. The smallest absolute Gasteiger partial charge is 0.136 e. The van der Waals surface area contributed by atoms with Crippen molar-refractivity contribution in [2.75, 3.05) is 0 Å². The Balaban J connectivity index is 1.78. The minimum atomic E-state index is -0.581. The van der Waals surface area contributed by atoms with Crippen LogP contribution in [-0.4, -0.2) is 57.5 Å². The van der Waals surface area contributed by atoms with Crippen molar-refractivity contribution < 1.29 is 10.4 Å². The van der Waals surface area contributed by atoms with Crippen molar-refractivity contribution in [3.8, 4) is 0 Å². The fraction of sp³-hybridized carbons (Fsp3) is 1.00. The van der Waals surface area contributed by atoms with Gasteiger partial charge in [-0.3, -0.25) is 16.0 Å². The van der Waals surface area contributed by atoms with Crippen LogP contribution in [0.2, 0.25) is 0 Å². The molecule has 0 aromatic carbocycles. The Bertz CT molecular complexity index is 266. The summed E-state index contributed by atoms with van der Waals surface area (Å²) in [6, 6.07) is -0.337. The molecule has 0 aliphatic carbocycles. The Morgan fingerprint density at radius 1 is 0.875 bits per heavy atom. The fourth-order valence-electron chi connectivity index (χ4n) is 2.71. The minimum Gasteiger partial charge on any atom is -0.311 e. The lowest BCUT2D eigenvalue weighted by Gasteiger charge is -2.37. The molecule has 3 aliphatic rings. The third kappa shape index (κ3) is 1.39. The minimum absolute atomic E-state index is 0.104. The van der Waals surface area contributed by atoms with E-state index in [1.165, 1.54) is 0 Å². The van der Waals surface area contributed by atoms with Crippen LogP contribution in [0.5, 0.6) is 0 Å². The van der Waals surface area contributed by atoms with E-state index in [9.17, 15) is 10.4 Å². The van der Waals surface area contributed by atoms with Gasteiger partial charge in [0.25, 0.3) is 0 Å². The molecular weight excluding hydrogens is 214 g/mol. The Morgan fingerprint density at radius 3 is 1.75 bits per heavy atom. The molecule has 3 heterocycles. The molecule has 0 saturated carbocycles. The van der Waals surface area contributed by atoms with Crippen molar-refractivity contribution in [2.24, 2.45) is 11.5 Å². The molecule has 92 valence electrons. The monoisotopic (exact) mass is 231 g/mol. The van der Waals surface area contributed by atoms with Crippen molar-refractivity contribution >= 4 is 0 Å². The van der Waals surface area contributed by atoms with Gasteiger partial charge in [0, 0.05) is 0 Å². The SMILES string of the molecule is NC1NC2NC3NC(N)N(O)C3CC2N1O. The van der Waals surface area contributed by atoms with Crippen LogP contribution in [0.1, 0.15) is 6.42 Å². The Labute approximate surface area is 92.3 Å². The van der Waals surface area contributed by atoms with Crippen LogP contribution in [0.25, 0.3) is 0 Å². The lowest BCUT2D eigenvalue weighted by Crippen LogP contribution is -2.63. The van der Waals surface area contributed by atoms with Gasteiger partial charge in [0.1, 0.15) is 12.6 Å². The van der Waals surface area contributed by atoms with Crippen molar-refractivity contribution in [2.45, 2.75) is 43.4 Å². The van der Waals surface area contributed by atoms with Gasteiger partial charge in [-0.1, -0.05) is 0 Å². The van der Waals surface area contributed by atoms with Crippen molar-refractivity contribution in [1.82, 2.24) is 26.1 Å². The summed E-state index contributed by atoms with van der Waals surface area (Å²) in [4.78, 5) is 0. The molecule has 0 amide bonds. The largest absolute Gasteiger partial charge is 0.311 e. The Hall–Kier alpha value is -0.360. The van der Waals surface area contributed by atoms with Gasteiger partial charge in [-0.25, -0.2) is 0 Å². The topological polar surface area (TPSA) is 135 Å². The van der Waals surface area contributed by atoms with Crippen LogP contribution in [0, 0.1) is 0 Å². The third-order valence-corrected chi connectivity index (χ3v) is 3.56. The second kappa shape index (κ2) is 3.57. The zero-order chi connectivity index (χ0) is 11.4. The van der Waals surface area contributed by atoms with E-state index in [0.29, 0.717) is 6.42 Å². The zero-order valence-electron chi connectivity index (χ0n) is 8.61. The standard InChI is InChI=1S/C7H17N7O2/c8-6-11-4-2(13(6)15)1-3-5(10-4)12-7(9)14(3)16/h2-7,10-12,15-16H,1,8-9H2. The third-order valence-electron chi connectivity index (χ3n) is 3.56. The van der Waals surface area contributed by atoms with Crippen LogP contribution in [-0.2, 0) is 0 Å². The summed E-state index contributed by atoms with van der Waals surface area (Å²) in [5.74, 6) is 0. The molecule has 0 aromatic heterocycles. The number of hydroxylamine groups is 4. The lowest BCUT2D eigenvalue weighted by atomic mass is 9.98. The number of rotatable bonds is 0. The molecular formula is C7H17N7O2. The molecule has 3 saturated heterocycles. The van der Waals surface area contributed by atoms with E-state index in [4.69, 9.17) is 11.5 Å². The molecule has 9 nitrogen and oxygen atoms in total. The van der Waals surface area contributed by atoms with Crippen molar-refractivity contribution in [3.63, 3.8) is 0 Å². The predicted molar refractivity (Wildman–Crippen MR) is 52.4 cm³/mol. The molecule has 6 unspecified atom stereocenters. The van der Waals surface area contributed by atoms with Crippen LogP contribution in [0.4, 0.5) is 0 Å². The molecule has 9 N–H and O–H groups in total. The quantitative estimate of drug-likeness (QED) is 0.226. The maximum Gasteiger partial charge on any atom is 0.136 e. The van der Waals surface area contributed by atoms with E-state index in [1.807, 2.05) is 0 Å². The Morgan fingerprint density at radius 2 is 1.31 bits per heavy atom. The van der Waals surface area contributed by atoms with Crippen LogP contribution in [0.15, 0.2) is 0 Å². The van der Waals surface area contributed by atoms with Gasteiger partial charge in [0.15, 0.2) is 0 Å². The molecule has 0 bridgehead atoms. The Kier molecular flexibility index (Phi) is 2.40. The van der Waals surface area contributed by atoms with Gasteiger partial charge >= 0.3 is 0 Å². The van der Waals surface area contributed by atoms with E-state index in [1.54, 1.807) is 0 Å². The molecule has 0 spiro atoms. The summed E-state index contributed by atoms with van der Waals surface area (Å²) in [7, 11) is 0. The second-order valence-electron chi connectivity index (χ2n) is 4.48. The predicted octanol–water partition coefficient (Wildman–Crippen LogP) is -3.56. The number of nitrogens with two attached hydrogens (primary N) is 2. The highest BCUT2D eigenvalue weighted by atomic mass is 16.5. The van der Waals surface area contributed by atoms with Gasteiger partial charge in [0.2, 0.25) is 0 Å². The highest BCUT2D eigenvalue weighted by Crippen LogP contribution is 2.27. The molecule has 0 aromatic rings. The van der Waals surface area contributed by atoms with E-state index in [-0.39, 0.29) is 24.4 Å². The van der Waals surface area contributed by atoms with Crippen molar-refractivity contribution in [1.29, 1.82) is 0 Å². The summed E-state index contributed by atoms with van der Waals surface area (Å²) in [5.41, 5.74) is 11.3. The maximum absolute atomic E-state index is 9.72. The first-order valence-electron chi connectivity index (χ1n) is 5.31. The molecule has 3 fully saturated rings. The molecule has 3 rings (SSSR count). The number of hydrogen-bond donors (Lipinski definition) is 7. The summed E-state index contributed by atoms with van der Waals surface area (Å²) >= 11 is 0. The molecule has 3 aliphatic heterocycles. The van der Waals surface area contributed by atoms with Gasteiger partial charge in [-0.15, -0.1) is 0 Å². The highest BCUT2D eigenvalue weighted by molar-refractivity contribution is 5.03. The number of fused-ring (bicyclic) bond motifs is 2. The van der Waals surface area contributed by atoms with Crippen LogP contribution >= 0.6 is 0 Å². The van der Waals surface area contributed by atoms with E-state index in [2.05, 4.69) is 16.0 Å². The summed E-state index contributed by atoms with van der Waals surface area (Å²) < 4.78 is 0. The van der Waals surface area contributed by atoms with Gasteiger partial charge in [-0.2, -0.15) is 10.1 Å². The zero-order valence-corrected chi connectivity index (χ0v) is 8.61. The van der Waals surface area contributed by atoms with Gasteiger partial charge in [-0.05, 0) is 6.42 Å². The van der Waals surface area contributed by atoms with E-state index >= 15 is 0 Å².